The number of rotatable bonds is 3. The summed E-state index contributed by atoms with van der Waals surface area (Å²) in [5.74, 6) is 0.817. The van der Waals surface area contributed by atoms with Gasteiger partial charge in [0.25, 0.3) is 0 Å². The van der Waals surface area contributed by atoms with Gasteiger partial charge in [0.2, 0.25) is 16.0 Å². The summed E-state index contributed by atoms with van der Waals surface area (Å²) >= 11 is 0. The van der Waals surface area contributed by atoms with Gasteiger partial charge in [-0.2, -0.15) is 4.31 Å². The van der Waals surface area contributed by atoms with Crippen molar-refractivity contribution in [3.63, 3.8) is 0 Å². The van der Waals surface area contributed by atoms with Gasteiger partial charge in [0.15, 0.2) is 0 Å². The van der Waals surface area contributed by atoms with E-state index in [9.17, 15) is 8.42 Å². The normalized spacial score (nSPS) is 17.8. The number of fused-ring (bicyclic) bond motifs is 1. The molecule has 114 valence electrons. The number of aromatic amines is 1. The Hall–Kier alpha value is -1.60. The van der Waals surface area contributed by atoms with Crippen LogP contribution in [-0.4, -0.2) is 54.1 Å². The molecule has 0 aliphatic carbocycles. The number of imidazole rings is 1. The number of H-pyrrole nitrogens is 1. The number of piperazine rings is 1. The van der Waals surface area contributed by atoms with E-state index in [-0.39, 0.29) is 5.25 Å². The lowest BCUT2D eigenvalue weighted by molar-refractivity contribution is 0.379. The minimum Gasteiger partial charge on any atom is -0.340 e. The summed E-state index contributed by atoms with van der Waals surface area (Å²) in [4.78, 5) is 9.95. The predicted molar refractivity (Wildman–Crippen MR) is 83.9 cm³/mol. The van der Waals surface area contributed by atoms with Gasteiger partial charge in [-0.25, -0.2) is 13.4 Å². The Morgan fingerprint density at radius 1 is 1.14 bits per heavy atom. The van der Waals surface area contributed by atoms with E-state index >= 15 is 0 Å². The van der Waals surface area contributed by atoms with E-state index in [0.29, 0.717) is 26.2 Å². The maximum Gasteiger partial charge on any atom is 0.216 e. The molecular formula is C14H20N4O2S. The number of hydrogen-bond donors (Lipinski definition) is 1. The first-order valence-corrected chi connectivity index (χ1v) is 8.67. The lowest BCUT2D eigenvalue weighted by Gasteiger charge is -2.34. The zero-order valence-electron chi connectivity index (χ0n) is 12.3. The maximum atomic E-state index is 12.2. The standard InChI is InChI=1S/C14H20N4O2S/c1-11(2)21(19,20)18-9-7-17(8-10-18)14-15-12-5-3-4-6-13(12)16-14/h3-6,11H,7-10H2,1-2H3,(H,15,16). The summed E-state index contributed by atoms with van der Waals surface area (Å²) in [7, 11) is -3.15. The van der Waals surface area contributed by atoms with Crippen molar-refractivity contribution in [1.82, 2.24) is 14.3 Å². The number of aromatic nitrogens is 2. The fourth-order valence-corrected chi connectivity index (χ4v) is 3.81. The van der Waals surface area contributed by atoms with Gasteiger partial charge in [-0.3, -0.25) is 0 Å². The minimum atomic E-state index is -3.15. The highest BCUT2D eigenvalue weighted by molar-refractivity contribution is 7.89. The fraction of sp³-hybridized carbons (Fsp3) is 0.500. The first kappa shape index (κ1) is 14.3. The van der Waals surface area contributed by atoms with E-state index in [4.69, 9.17) is 0 Å². The summed E-state index contributed by atoms with van der Waals surface area (Å²) < 4.78 is 25.9. The SMILES string of the molecule is CC(C)S(=O)(=O)N1CCN(c2nc3ccccc3[nH]2)CC1. The molecule has 2 aromatic rings. The third-order valence-electron chi connectivity index (χ3n) is 3.87. The first-order chi connectivity index (χ1) is 9.98. The van der Waals surface area contributed by atoms with E-state index in [1.165, 1.54) is 0 Å². The van der Waals surface area contributed by atoms with E-state index in [2.05, 4.69) is 14.9 Å². The monoisotopic (exact) mass is 308 g/mol. The number of nitrogens with one attached hydrogen (secondary N) is 1. The summed E-state index contributed by atoms with van der Waals surface area (Å²) in [6.45, 7) is 5.79. The molecule has 1 N–H and O–H groups in total. The zero-order valence-corrected chi connectivity index (χ0v) is 13.1. The van der Waals surface area contributed by atoms with Gasteiger partial charge in [-0.1, -0.05) is 12.1 Å². The van der Waals surface area contributed by atoms with Crippen molar-refractivity contribution in [2.24, 2.45) is 0 Å². The van der Waals surface area contributed by atoms with Gasteiger partial charge in [0, 0.05) is 26.2 Å². The Morgan fingerprint density at radius 3 is 2.43 bits per heavy atom. The highest BCUT2D eigenvalue weighted by Gasteiger charge is 2.30. The molecule has 2 heterocycles. The molecule has 6 nitrogen and oxygen atoms in total. The van der Waals surface area contributed by atoms with Crippen molar-refractivity contribution in [3.8, 4) is 0 Å². The van der Waals surface area contributed by atoms with Crippen LogP contribution in [0.25, 0.3) is 11.0 Å². The van der Waals surface area contributed by atoms with Gasteiger partial charge in [-0.05, 0) is 26.0 Å². The van der Waals surface area contributed by atoms with Crippen LogP contribution in [0, 0.1) is 0 Å². The molecule has 0 bridgehead atoms. The smallest absolute Gasteiger partial charge is 0.216 e. The molecule has 0 atom stereocenters. The van der Waals surface area contributed by atoms with Crippen molar-refractivity contribution in [2.45, 2.75) is 19.1 Å². The topological polar surface area (TPSA) is 69.3 Å². The minimum absolute atomic E-state index is 0.366. The molecule has 21 heavy (non-hydrogen) atoms. The molecule has 3 rings (SSSR count). The Bertz CT molecular complexity index is 697. The van der Waals surface area contributed by atoms with Gasteiger partial charge < -0.3 is 9.88 Å². The van der Waals surface area contributed by atoms with Crippen LogP contribution in [0.2, 0.25) is 0 Å². The Labute approximate surface area is 124 Å². The number of benzene rings is 1. The molecule has 0 saturated carbocycles. The quantitative estimate of drug-likeness (QED) is 0.931. The third kappa shape index (κ3) is 2.63. The second kappa shape index (κ2) is 5.31. The summed E-state index contributed by atoms with van der Waals surface area (Å²) in [5.41, 5.74) is 1.94. The number of hydrogen-bond acceptors (Lipinski definition) is 4. The molecule has 0 radical (unpaired) electrons. The van der Waals surface area contributed by atoms with Gasteiger partial charge in [-0.15, -0.1) is 0 Å². The van der Waals surface area contributed by atoms with Gasteiger partial charge >= 0.3 is 0 Å². The second-order valence-corrected chi connectivity index (χ2v) is 8.05. The number of anilines is 1. The molecule has 0 amide bonds. The summed E-state index contributed by atoms with van der Waals surface area (Å²) in [6.07, 6.45) is 0. The van der Waals surface area contributed by atoms with Crippen molar-refractivity contribution in [3.05, 3.63) is 24.3 Å². The van der Waals surface area contributed by atoms with Crippen molar-refractivity contribution in [2.75, 3.05) is 31.1 Å². The van der Waals surface area contributed by atoms with Crippen LogP contribution < -0.4 is 4.90 Å². The van der Waals surface area contributed by atoms with E-state index < -0.39 is 10.0 Å². The van der Waals surface area contributed by atoms with Crippen LogP contribution >= 0.6 is 0 Å². The fourth-order valence-electron chi connectivity index (χ4n) is 2.54. The Balaban J connectivity index is 1.74. The first-order valence-electron chi connectivity index (χ1n) is 7.17. The van der Waals surface area contributed by atoms with E-state index in [0.717, 1.165) is 17.0 Å². The highest BCUT2D eigenvalue weighted by Crippen LogP contribution is 2.20. The average molecular weight is 308 g/mol. The maximum absolute atomic E-state index is 12.2. The van der Waals surface area contributed by atoms with Crippen LogP contribution in [0.3, 0.4) is 0 Å². The number of sulfonamides is 1. The van der Waals surface area contributed by atoms with Crippen LogP contribution in [0.5, 0.6) is 0 Å². The largest absolute Gasteiger partial charge is 0.340 e. The van der Waals surface area contributed by atoms with Crippen LogP contribution in [0.15, 0.2) is 24.3 Å². The zero-order chi connectivity index (χ0) is 15.0. The van der Waals surface area contributed by atoms with Crippen molar-refractivity contribution < 1.29 is 8.42 Å². The lowest BCUT2D eigenvalue weighted by Crippen LogP contribution is -2.50. The molecule has 1 aromatic heterocycles. The third-order valence-corrected chi connectivity index (χ3v) is 6.15. The molecule has 1 aromatic carbocycles. The summed E-state index contributed by atoms with van der Waals surface area (Å²) in [5, 5.41) is -0.366. The van der Waals surface area contributed by atoms with Gasteiger partial charge in [0.05, 0.1) is 16.3 Å². The molecule has 1 aliphatic heterocycles. The van der Waals surface area contributed by atoms with E-state index in [1.54, 1.807) is 18.2 Å². The van der Waals surface area contributed by atoms with Gasteiger partial charge in [0.1, 0.15) is 0 Å². The summed E-state index contributed by atoms with van der Waals surface area (Å²) in [6, 6.07) is 7.89. The molecule has 1 fully saturated rings. The number of para-hydroxylation sites is 2. The molecule has 1 aliphatic rings. The van der Waals surface area contributed by atoms with Crippen LogP contribution in [0.4, 0.5) is 5.95 Å². The molecule has 7 heteroatoms. The number of nitrogens with zero attached hydrogens (tertiary/aromatic N) is 3. The predicted octanol–water partition coefficient (Wildman–Crippen LogP) is 1.42. The van der Waals surface area contributed by atoms with E-state index in [1.807, 2.05) is 24.3 Å². The molecular weight excluding hydrogens is 288 g/mol. The second-order valence-electron chi connectivity index (χ2n) is 5.56. The van der Waals surface area contributed by atoms with Crippen LogP contribution in [0.1, 0.15) is 13.8 Å². The van der Waals surface area contributed by atoms with Crippen LogP contribution in [-0.2, 0) is 10.0 Å². The van der Waals surface area contributed by atoms with Crippen molar-refractivity contribution >= 4 is 27.0 Å². The van der Waals surface area contributed by atoms with Crippen molar-refractivity contribution in [1.29, 1.82) is 0 Å². The molecule has 0 spiro atoms. The average Bonchev–Trinajstić information content (AvgIpc) is 2.91. The molecule has 1 saturated heterocycles. The Kier molecular flexibility index (Phi) is 3.62. The highest BCUT2D eigenvalue weighted by atomic mass is 32.2. The molecule has 0 unspecified atom stereocenters. The lowest BCUT2D eigenvalue weighted by atomic mass is 10.3. The Morgan fingerprint density at radius 2 is 1.81 bits per heavy atom.